The zero-order chi connectivity index (χ0) is 13.2. The number of aromatic nitrogens is 2. The van der Waals surface area contributed by atoms with Gasteiger partial charge in [-0.2, -0.15) is 13.2 Å². The quantitative estimate of drug-likeness (QED) is 0.883. The minimum atomic E-state index is -4.32. The molecule has 0 atom stereocenters. The Hall–Kier alpha value is -1.98. The largest absolute Gasteiger partial charge is 0.416 e. The molecule has 96 valence electrons. The van der Waals surface area contributed by atoms with Crippen molar-refractivity contribution in [1.82, 2.24) is 9.97 Å². The van der Waals surface area contributed by atoms with Gasteiger partial charge >= 0.3 is 6.18 Å². The minimum absolute atomic E-state index is 0.405. The summed E-state index contributed by atoms with van der Waals surface area (Å²) in [5, 5.41) is 2.96. The molecule has 0 saturated carbocycles. The lowest BCUT2D eigenvalue weighted by Crippen LogP contribution is -2.07. The van der Waals surface area contributed by atoms with E-state index in [9.17, 15) is 13.2 Å². The predicted molar refractivity (Wildman–Crippen MR) is 62.1 cm³/mol. The topological polar surface area (TPSA) is 40.7 Å². The summed E-state index contributed by atoms with van der Waals surface area (Å²) in [6.07, 6.45) is -1.18. The number of benzene rings is 1. The number of aryl methyl sites for hydroxylation is 1. The summed E-state index contributed by atoms with van der Waals surface area (Å²) in [5.74, 6) is 0. The molecule has 0 unspecified atom stereocenters. The summed E-state index contributed by atoms with van der Waals surface area (Å²) in [4.78, 5) is 6.71. The molecule has 18 heavy (non-hydrogen) atoms. The lowest BCUT2D eigenvalue weighted by Gasteiger charge is -2.12. The molecule has 3 nitrogen and oxygen atoms in total. The first-order valence-electron chi connectivity index (χ1n) is 5.36. The van der Waals surface area contributed by atoms with Crippen molar-refractivity contribution in [3.05, 3.63) is 47.5 Å². The van der Waals surface area contributed by atoms with Crippen molar-refractivity contribution < 1.29 is 13.2 Å². The highest BCUT2D eigenvalue weighted by atomic mass is 19.4. The van der Waals surface area contributed by atoms with E-state index in [0.29, 0.717) is 12.2 Å². The predicted octanol–water partition coefficient (Wildman–Crippen LogP) is 3.35. The molecule has 0 aliphatic rings. The number of H-pyrrole nitrogens is 1. The number of nitrogens with one attached hydrogen (secondary N) is 2. The highest BCUT2D eigenvalue weighted by Crippen LogP contribution is 2.32. The highest BCUT2D eigenvalue weighted by molar-refractivity contribution is 5.53. The third-order valence-electron chi connectivity index (χ3n) is 2.59. The average molecular weight is 255 g/mol. The monoisotopic (exact) mass is 255 g/mol. The first kappa shape index (κ1) is 12.5. The number of rotatable bonds is 3. The first-order valence-corrected chi connectivity index (χ1v) is 5.36. The minimum Gasteiger partial charge on any atom is -0.379 e. The molecule has 6 heteroatoms. The van der Waals surface area contributed by atoms with E-state index in [1.54, 1.807) is 13.1 Å². The third-order valence-corrected chi connectivity index (χ3v) is 2.59. The number of imidazole rings is 1. The van der Waals surface area contributed by atoms with Crippen molar-refractivity contribution in [2.75, 3.05) is 5.32 Å². The Morgan fingerprint density at radius 2 is 2.11 bits per heavy atom. The molecular weight excluding hydrogens is 243 g/mol. The van der Waals surface area contributed by atoms with E-state index >= 15 is 0 Å². The van der Waals surface area contributed by atoms with Crippen molar-refractivity contribution in [2.45, 2.75) is 19.6 Å². The molecule has 2 rings (SSSR count). The fourth-order valence-corrected chi connectivity index (χ4v) is 1.56. The molecule has 0 amide bonds. The SMILES string of the molecule is Cc1ccc(C(F)(F)F)cc1NCc1cnc[nH]1. The second kappa shape index (κ2) is 4.72. The van der Waals surface area contributed by atoms with Crippen LogP contribution in [-0.2, 0) is 12.7 Å². The Morgan fingerprint density at radius 1 is 1.33 bits per heavy atom. The summed E-state index contributed by atoms with van der Waals surface area (Å²) < 4.78 is 37.7. The number of hydrogen-bond acceptors (Lipinski definition) is 2. The van der Waals surface area contributed by atoms with E-state index in [2.05, 4.69) is 15.3 Å². The Balaban J connectivity index is 2.16. The number of halogens is 3. The normalized spacial score (nSPS) is 11.6. The molecule has 2 N–H and O–H groups in total. The Labute approximate surface area is 102 Å². The fourth-order valence-electron chi connectivity index (χ4n) is 1.56. The van der Waals surface area contributed by atoms with Gasteiger partial charge in [0.15, 0.2) is 0 Å². The van der Waals surface area contributed by atoms with Gasteiger partial charge in [-0.15, -0.1) is 0 Å². The van der Waals surface area contributed by atoms with E-state index < -0.39 is 11.7 Å². The van der Waals surface area contributed by atoms with Gasteiger partial charge in [0, 0.05) is 11.9 Å². The maximum atomic E-state index is 12.6. The van der Waals surface area contributed by atoms with Crippen LogP contribution >= 0.6 is 0 Å². The average Bonchev–Trinajstić information content (AvgIpc) is 2.79. The van der Waals surface area contributed by atoms with Crippen molar-refractivity contribution in [1.29, 1.82) is 0 Å². The van der Waals surface area contributed by atoms with E-state index in [1.807, 2.05) is 0 Å². The zero-order valence-corrected chi connectivity index (χ0v) is 9.67. The van der Waals surface area contributed by atoms with Gasteiger partial charge in [-0.05, 0) is 24.6 Å². The van der Waals surface area contributed by atoms with Crippen LogP contribution in [0.1, 0.15) is 16.8 Å². The Kier molecular flexibility index (Phi) is 3.27. The number of hydrogen-bond donors (Lipinski definition) is 2. The number of alkyl halides is 3. The van der Waals surface area contributed by atoms with Gasteiger partial charge in [0.05, 0.1) is 24.1 Å². The van der Waals surface area contributed by atoms with E-state index in [0.717, 1.165) is 23.4 Å². The maximum absolute atomic E-state index is 12.6. The van der Waals surface area contributed by atoms with Crippen LogP contribution in [0.3, 0.4) is 0 Å². The van der Waals surface area contributed by atoms with Crippen LogP contribution in [0.2, 0.25) is 0 Å². The lowest BCUT2D eigenvalue weighted by atomic mass is 10.1. The Bertz CT molecular complexity index is 518. The second-order valence-electron chi connectivity index (χ2n) is 3.96. The smallest absolute Gasteiger partial charge is 0.379 e. The van der Waals surface area contributed by atoms with Gasteiger partial charge < -0.3 is 10.3 Å². The summed E-state index contributed by atoms with van der Waals surface area (Å²) in [7, 11) is 0. The molecule has 1 heterocycles. The van der Waals surface area contributed by atoms with Crippen molar-refractivity contribution >= 4 is 5.69 Å². The standard InChI is InChI=1S/C12H12F3N3/c1-8-2-3-9(12(13,14)15)4-11(8)17-6-10-5-16-7-18-10/h2-5,7,17H,6H2,1H3,(H,16,18). The number of aromatic amines is 1. The van der Waals surface area contributed by atoms with E-state index in [4.69, 9.17) is 0 Å². The molecule has 2 aromatic rings. The van der Waals surface area contributed by atoms with Crippen LogP contribution in [0, 0.1) is 6.92 Å². The highest BCUT2D eigenvalue weighted by Gasteiger charge is 2.30. The van der Waals surface area contributed by atoms with Gasteiger partial charge in [-0.1, -0.05) is 6.07 Å². The van der Waals surface area contributed by atoms with Crippen LogP contribution in [0.4, 0.5) is 18.9 Å². The van der Waals surface area contributed by atoms with Crippen molar-refractivity contribution in [2.24, 2.45) is 0 Å². The second-order valence-corrected chi connectivity index (χ2v) is 3.96. The van der Waals surface area contributed by atoms with Crippen LogP contribution < -0.4 is 5.32 Å². The van der Waals surface area contributed by atoms with Gasteiger partial charge in [-0.3, -0.25) is 0 Å². The summed E-state index contributed by atoms with van der Waals surface area (Å²) >= 11 is 0. The van der Waals surface area contributed by atoms with Gasteiger partial charge in [-0.25, -0.2) is 4.98 Å². The zero-order valence-electron chi connectivity index (χ0n) is 9.67. The maximum Gasteiger partial charge on any atom is 0.416 e. The molecule has 0 radical (unpaired) electrons. The summed E-state index contributed by atoms with van der Waals surface area (Å²) in [5.41, 5.74) is 1.40. The van der Waals surface area contributed by atoms with Crippen LogP contribution in [0.25, 0.3) is 0 Å². The molecule has 0 aliphatic heterocycles. The number of anilines is 1. The fraction of sp³-hybridized carbons (Fsp3) is 0.250. The third kappa shape index (κ3) is 2.82. The van der Waals surface area contributed by atoms with Gasteiger partial charge in [0.1, 0.15) is 0 Å². The lowest BCUT2D eigenvalue weighted by molar-refractivity contribution is -0.137. The van der Waals surface area contributed by atoms with Gasteiger partial charge in [0.2, 0.25) is 0 Å². The molecule has 1 aromatic carbocycles. The molecule has 0 spiro atoms. The summed E-state index contributed by atoms with van der Waals surface area (Å²) in [6.45, 7) is 2.16. The molecule has 0 saturated heterocycles. The first-order chi connectivity index (χ1) is 8.47. The molecule has 0 fully saturated rings. The van der Waals surface area contributed by atoms with Gasteiger partial charge in [0.25, 0.3) is 0 Å². The summed E-state index contributed by atoms with van der Waals surface area (Å²) in [6, 6.07) is 3.65. The van der Waals surface area contributed by atoms with E-state index in [1.165, 1.54) is 12.4 Å². The van der Waals surface area contributed by atoms with Crippen LogP contribution in [0.5, 0.6) is 0 Å². The van der Waals surface area contributed by atoms with Crippen LogP contribution in [-0.4, -0.2) is 9.97 Å². The molecule has 1 aromatic heterocycles. The number of nitrogens with zero attached hydrogens (tertiary/aromatic N) is 1. The van der Waals surface area contributed by atoms with E-state index in [-0.39, 0.29) is 0 Å². The van der Waals surface area contributed by atoms with Crippen molar-refractivity contribution in [3.8, 4) is 0 Å². The van der Waals surface area contributed by atoms with Crippen molar-refractivity contribution in [3.63, 3.8) is 0 Å². The Morgan fingerprint density at radius 3 is 2.72 bits per heavy atom. The molecular formula is C12H12F3N3. The van der Waals surface area contributed by atoms with Crippen LogP contribution in [0.15, 0.2) is 30.7 Å². The molecule has 0 aliphatic carbocycles. The molecule has 0 bridgehead atoms.